The predicted octanol–water partition coefficient (Wildman–Crippen LogP) is 2.45. The summed E-state index contributed by atoms with van der Waals surface area (Å²) in [6.45, 7) is 1.36. The van der Waals surface area contributed by atoms with Crippen molar-refractivity contribution >= 4 is 21.8 Å². The molecule has 1 N–H and O–H groups in total. The molecule has 1 aromatic carbocycles. The van der Waals surface area contributed by atoms with Gasteiger partial charge in [0.15, 0.2) is 0 Å². The molecule has 3 aliphatic rings. The van der Waals surface area contributed by atoms with Crippen LogP contribution in [0.3, 0.4) is 0 Å². The number of benzene rings is 1. The maximum atomic E-state index is 13.6. The first-order chi connectivity index (χ1) is 16.5. The van der Waals surface area contributed by atoms with E-state index in [4.69, 9.17) is 0 Å². The fourth-order valence-electron chi connectivity index (χ4n) is 6.12. The van der Waals surface area contributed by atoms with Crippen LogP contribution in [0, 0.1) is 5.92 Å². The monoisotopic (exact) mass is 504 g/mol. The van der Waals surface area contributed by atoms with Crippen molar-refractivity contribution in [1.29, 1.82) is 0 Å². The number of hydrogen-bond acceptors (Lipinski definition) is 5. The minimum absolute atomic E-state index is 0.0248. The standard InChI is InChI=1S/C26H40N4O4S/c1-28(2)26(22-10-5-4-6-11-22)14-12-25(13-15-26)20-29(19-23(31)27-16-17-35(3,33)34)24(32)30(25)18-21-8-7-9-21/h4-6,10-11,21H,7-9,12-20H2,1-3H3,(H,27,31)/t25-,26+. The van der Waals surface area contributed by atoms with Gasteiger partial charge in [-0.05, 0) is 64.1 Å². The number of nitrogens with one attached hydrogen (secondary N) is 1. The van der Waals surface area contributed by atoms with Crippen molar-refractivity contribution in [2.24, 2.45) is 5.92 Å². The number of amides is 3. The van der Waals surface area contributed by atoms with Crippen LogP contribution in [-0.4, -0.2) is 92.9 Å². The van der Waals surface area contributed by atoms with Crippen LogP contribution in [0.2, 0.25) is 0 Å². The van der Waals surface area contributed by atoms with Crippen molar-refractivity contribution in [1.82, 2.24) is 20.0 Å². The summed E-state index contributed by atoms with van der Waals surface area (Å²) in [5, 5.41) is 2.67. The van der Waals surface area contributed by atoms with E-state index in [1.807, 2.05) is 6.07 Å². The lowest BCUT2D eigenvalue weighted by Gasteiger charge is -2.51. The van der Waals surface area contributed by atoms with Gasteiger partial charge in [-0.1, -0.05) is 36.8 Å². The second-order valence-electron chi connectivity index (χ2n) is 11.0. The Hall–Kier alpha value is -2.13. The zero-order valence-corrected chi connectivity index (χ0v) is 22.1. The third-order valence-electron chi connectivity index (χ3n) is 8.53. The first-order valence-corrected chi connectivity index (χ1v) is 14.8. The van der Waals surface area contributed by atoms with Gasteiger partial charge in [0.1, 0.15) is 16.4 Å². The lowest BCUT2D eigenvalue weighted by Crippen LogP contribution is -2.56. The van der Waals surface area contributed by atoms with E-state index in [9.17, 15) is 18.0 Å². The quantitative estimate of drug-likeness (QED) is 0.558. The Bertz CT molecular complexity index is 1020. The first kappa shape index (κ1) is 25.9. The number of carbonyl (C=O) groups excluding carboxylic acids is 2. The Morgan fingerprint density at radius 2 is 1.77 bits per heavy atom. The van der Waals surface area contributed by atoms with E-state index in [1.54, 1.807) is 4.90 Å². The van der Waals surface area contributed by atoms with Crippen LogP contribution in [0.25, 0.3) is 0 Å². The topological polar surface area (TPSA) is 90.0 Å². The summed E-state index contributed by atoms with van der Waals surface area (Å²) in [5.74, 6) is 0.149. The summed E-state index contributed by atoms with van der Waals surface area (Å²) >= 11 is 0. The predicted molar refractivity (Wildman–Crippen MR) is 137 cm³/mol. The lowest BCUT2D eigenvalue weighted by atomic mass is 9.68. The van der Waals surface area contributed by atoms with Crippen molar-refractivity contribution in [3.8, 4) is 0 Å². The first-order valence-electron chi connectivity index (χ1n) is 12.8. The van der Waals surface area contributed by atoms with E-state index < -0.39 is 9.84 Å². The van der Waals surface area contributed by atoms with E-state index in [1.165, 1.54) is 12.0 Å². The van der Waals surface area contributed by atoms with Crippen LogP contribution >= 0.6 is 0 Å². The molecule has 1 spiro atoms. The molecule has 1 heterocycles. The van der Waals surface area contributed by atoms with Gasteiger partial charge in [-0.25, -0.2) is 13.2 Å². The van der Waals surface area contributed by atoms with Gasteiger partial charge < -0.3 is 15.1 Å². The molecule has 8 nitrogen and oxygen atoms in total. The smallest absolute Gasteiger partial charge is 0.321 e. The second-order valence-corrected chi connectivity index (χ2v) is 13.3. The van der Waals surface area contributed by atoms with Crippen molar-refractivity contribution in [3.05, 3.63) is 35.9 Å². The van der Waals surface area contributed by atoms with Crippen LogP contribution in [0.15, 0.2) is 30.3 Å². The Labute approximate surface area is 209 Å². The van der Waals surface area contributed by atoms with E-state index in [0.29, 0.717) is 12.5 Å². The van der Waals surface area contributed by atoms with Crippen LogP contribution in [0.1, 0.15) is 50.5 Å². The summed E-state index contributed by atoms with van der Waals surface area (Å²) in [4.78, 5) is 32.2. The van der Waals surface area contributed by atoms with Crippen LogP contribution in [0.4, 0.5) is 4.79 Å². The van der Waals surface area contributed by atoms with E-state index in [0.717, 1.165) is 51.3 Å². The maximum absolute atomic E-state index is 13.6. The molecule has 3 fully saturated rings. The molecule has 1 aliphatic heterocycles. The van der Waals surface area contributed by atoms with Gasteiger partial charge in [0.2, 0.25) is 5.91 Å². The molecule has 1 saturated heterocycles. The lowest BCUT2D eigenvalue weighted by molar-refractivity contribution is -0.121. The van der Waals surface area contributed by atoms with Crippen LogP contribution < -0.4 is 5.32 Å². The highest BCUT2D eigenvalue weighted by atomic mass is 32.2. The molecular weight excluding hydrogens is 464 g/mol. The van der Waals surface area contributed by atoms with Crippen molar-refractivity contribution in [2.75, 3.05) is 52.3 Å². The molecule has 194 valence electrons. The van der Waals surface area contributed by atoms with E-state index in [2.05, 4.69) is 53.5 Å². The molecule has 1 aromatic rings. The fourth-order valence-corrected chi connectivity index (χ4v) is 6.59. The van der Waals surface area contributed by atoms with Gasteiger partial charge >= 0.3 is 6.03 Å². The highest BCUT2D eigenvalue weighted by Crippen LogP contribution is 2.49. The largest absolute Gasteiger partial charge is 0.354 e. The molecule has 0 radical (unpaired) electrons. The second kappa shape index (κ2) is 10.1. The summed E-state index contributed by atoms with van der Waals surface area (Å²) in [7, 11) is 1.14. The number of sulfone groups is 1. The molecule has 0 atom stereocenters. The van der Waals surface area contributed by atoms with Gasteiger partial charge in [0.25, 0.3) is 0 Å². The molecule has 4 rings (SSSR count). The zero-order chi connectivity index (χ0) is 25.3. The minimum atomic E-state index is -3.15. The van der Waals surface area contributed by atoms with E-state index >= 15 is 0 Å². The number of nitrogens with zero attached hydrogens (tertiary/aromatic N) is 3. The molecular formula is C26H40N4O4S. The number of rotatable bonds is 9. The molecule has 0 aromatic heterocycles. The normalized spacial score (nSPS) is 27.5. The SMILES string of the molecule is CN(C)[C@]1(c2ccccc2)CC[C@]2(CC1)CN(CC(=O)NCCS(C)(=O)=O)C(=O)N2CC1CCC1. The summed E-state index contributed by atoms with van der Waals surface area (Å²) in [5.41, 5.74) is 0.999. The third-order valence-corrected chi connectivity index (χ3v) is 9.47. The van der Waals surface area contributed by atoms with Gasteiger partial charge in [-0.15, -0.1) is 0 Å². The molecule has 35 heavy (non-hydrogen) atoms. The molecule has 0 unspecified atom stereocenters. The number of hydrogen-bond donors (Lipinski definition) is 1. The zero-order valence-electron chi connectivity index (χ0n) is 21.3. The Morgan fingerprint density at radius 3 is 2.31 bits per heavy atom. The highest BCUT2D eigenvalue weighted by Gasteiger charge is 2.55. The average Bonchev–Trinajstić information content (AvgIpc) is 3.01. The average molecular weight is 505 g/mol. The number of urea groups is 1. The van der Waals surface area contributed by atoms with Gasteiger partial charge in [-0.3, -0.25) is 9.69 Å². The molecule has 2 saturated carbocycles. The number of carbonyl (C=O) groups is 2. The highest BCUT2D eigenvalue weighted by molar-refractivity contribution is 7.90. The van der Waals surface area contributed by atoms with Gasteiger partial charge in [0.05, 0.1) is 11.3 Å². The summed E-state index contributed by atoms with van der Waals surface area (Å²) in [6.07, 6.45) is 8.39. The molecule has 2 aliphatic carbocycles. The molecule has 9 heteroatoms. The maximum Gasteiger partial charge on any atom is 0.321 e. The van der Waals surface area contributed by atoms with E-state index in [-0.39, 0.29) is 41.9 Å². The molecule has 0 bridgehead atoms. The summed E-state index contributed by atoms with van der Waals surface area (Å²) < 4.78 is 22.7. The van der Waals surface area contributed by atoms with Gasteiger partial charge in [0, 0.05) is 31.4 Å². The molecule has 3 amide bonds. The fraction of sp³-hybridized carbons (Fsp3) is 0.692. The van der Waals surface area contributed by atoms with Crippen LogP contribution in [-0.2, 0) is 20.2 Å². The Kier molecular flexibility index (Phi) is 7.48. The Morgan fingerprint density at radius 1 is 1.11 bits per heavy atom. The Balaban J connectivity index is 1.49. The summed E-state index contributed by atoms with van der Waals surface area (Å²) in [6, 6.07) is 10.6. The van der Waals surface area contributed by atoms with Crippen molar-refractivity contribution in [2.45, 2.75) is 56.0 Å². The van der Waals surface area contributed by atoms with Gasteiger partial charge in [-0.2, -0.15) is 0 Å². The van der Waals surface area contributed by atoms with Crippen LogP contribution in [0.5, 0.6) is 0 Å². The van der Waals surface area contributed by atoms with Crippen molar-refractivity contribution < 1.29 is 18.0 Å². The third kappa shape index (κ3) is 5.50. The minimum Gasteiger partial charge on any atom is -0.354 e. The van der Waals surface area contributed by atoms with Crippen molar-refractivity contribution in [3.63, 3.8) is 0 Å².